The normalized spacial score (nSPS) is 15.3. The fourth-order valence-electron chi connectivity index (χ4n) is 2.70. The molecule has 0 atom stereocenters. The Morgan fingerprint density at radius 3 is 2.26 bits per heavy atom. The first-order valence-corrected chi connectivity index (χ1v) is 8.89. The van der Waals surface area contributed by atoms with Gasteiger partial charge in [-0.15, -0.1) is 24.0 Å². The van der Waals surface area contributed by atoms with Crippen LogP contribution >= 0.6 is 24.0 Å². The van der Waals surface area contributed by atoms with Crippen LogP contribution in [-0.4, -0.2) is 47.8 Å². The zero-order chi connectivity index (χ0) is 16.2. The van der Waals surface area contributed by atoms with Crippen molar-refractivity contribution in [1.29, 1.82) is 0 Å². The molecule has 4 nitrogen and oxygen atoms in total. The number of hydrogen-bond acceptors (Lipinski definition) is 4. The average Bonchev–Trinajstić information content (AvgIpc) is 2.98. The average molecular weight is 346 g/mol. The Balaban J connectivity index is 1.68. The lowest BCUT2D eigenvalue weighted by Crippen LogP contribution is -2.37. The van der Waals surface area contributed by atoms with Gasteiger partial charge < -0.3 is 9.80 Å². The van der Waals surface area contributed by atoms with E-state index in [0.29, 0.717) is 36.6 Å². The number of hydrogen-bond donors (Lipinski definition) is 1. The third-order valence-electron chi connectivity index (χ3n) is 3.94. The number of thiophene rings is 1. The van der Waals surface area contributed by atoms with Crippen LogP contribution in [0.15, 0.2) is 46.7 Å². The molecular formula is C17H18N2O2S2. The van der Waals surface area contributed by atoms with Gasteiger partial charge in [0, 0.05) is 31.1 Å². The Morgan fingerprint density at radius 2 is 1.61 bits per heavy atom. The maximum Gasteiger partial charge on any atom is 0.263 e. The maximum absolute atomic E-state index is 12.7. The predicted octanol–water partition coefficient (Wildman–Crippen LogP) is 3.03. The first kappa shape index (κ1) is 16.1. The summed E-state index contributed by atoms with van der Waals surface area (Å²) >= 11 is 5.82. The summed E-state index contributed by atoms with van der Waals surface area (Å²) in [6.45, 7) is 2.47. The van der Waals surface area contributed by atoms with Gasteiger partial charge in [0.05, 0.1) is 10.4 Å². The number of carbonyl (C=O) groups is 2. The largest absolute Gasteiger partial charge is 0.337 e. The van der Waals surface area contributed by atoms with Crippen molar-refractivity contribution in [1.82, 2.24) is 9.80 Å². The zero-order valence-corrected chi connectivity index (χ0v) is 14.4. The molecule has 0 saturated carbocycles. The van der Waals surface area contributed by atoms with Crippen LogP contribution in [0, 0.1) is 0 Å². The predicted molar refractivity (Wildman–Crippen MR) is 94.4 cm³/mol. The molecule has 1 saturated heterocycles. The molecule has 1 aromatic carbocycles. The van der Waals surface area contributed by atoms with Gasteiger partial charge >= 0.3 is 0 Å². The van der Waals surface area contributed by atoms with Gasteiger partial charge in [-0.25, -0.2) is 0 Å². The first-order chi connectivity index (χ1) is 11.2. The SMILES string of the molecule is O=C(c1cccs1)N1CCCN(C(=O)c2ccccc2S)CC1. The van der Waals surface area contributed by atoms with E-state index >= 15 is 0 Å². The van der Waals surface area contributed by atoms with E-state index in [2.05, 4.69) is 12.6 Å². The standard InChI is InChI=1S/C17H18N2O2S2/c20-16(13-5-1-2-6-14(13)22)18-8-4-9-19(11-10-18)17(21)15-7-3-12-23-15/h1-3,5-7,12,22H,4,8-11H2. The fourth-order valence-corrected chi connectivity index (χ4v) is 3.65. The molecule has 1 aromatic heterocycles. The maximum atomic E-state index is 12.7. The lowest BCUT2D eigenvalue weighted by molar-refractivity contribution is 0.0719. The molecule has 1 aliphatic rings. The van der Waals surface area contributed by atoms with E-state index in [4.69, 9.17) is 0 Å². The summed E-state index contributed by atoms with van der Waals surface area (Å²) < 4.78 is 0. The van der Waals surface area contributed by atoms with Crippen LogP contribution in [0.1, 0.15) is 26.5 Å². The molecule has 0 bridgehead atoms. The first-order valence-electron chi connectivity index (χ1n) is 7.57. The van der Waals surface area contributed by atoms with Crippen LogP contribution in [0.5, 0.6) is 0 Å². The summed E-state index contributed by atoms with van der Waals surface area (Å²) in [7, 11) is 0. The zero-order valence-electron chi connectivity index (χ0n) is 12.6. The van der Waals surface area contributed by atoms with E-state index in [1.807, 2.05) is 45.5 Å². The molecular weight excluding hydrogens is 328 g/mol. The molecule has 0 spiro atoms. The summed E-state index contributed by atoms with van der Waals surface area (Å²) in [6, 6.07) is 11.1. The minimum Gasteiger partial charge on any atom is -0.337 e. The van der Waals surface area contributed by atoms with Gasteiger partial charge in [0.2, 0.25) is 0 Å². The molecule has 120 valence electrons. The minimum absolute atomic E-state index is 0.0129. The number of rotatable bonds is 2. The Labute approximate surface area is 145 Å². The number of thiol groups is 1. The molecule has 6 heteroatoms. The molecule has 1 fully saturated rings. The van der Waals surface area contributed by atoms with Gasteiger partial charge in [-0.2, -0.15) is 0 Å². The monoisotopic (exact) mass is 346 g/mol. The minimum atomic E-state index is -0.0129. The lowest BCUT2D eigenvalue weighted by Gasteiger charge is -2.22. The van der Waals surface area contributed by atoms with Gasteiger partial charge in [-0.1, -0.05) is 18.2 Å². The van der Waals surface area contributed by atoms with Crippen LogP contribution in [0.3, 0.4) is 0 Å². The molecule has 0 unspecified atom stereocenters. The number of benzene rings is 1. The van der Waals surface area contributed by atoms with E-state index in [0.717, 1.165) is 11.3 Å². The van der Waals surface area contributed by atoms with Crippen LogP contribution in [-0.2, 0) is 0 Å². The fraction of sp³-hybridized carbons (Fsp3) is 0.294. The van der Waals surface area contributed by atoms with E-state index < -0.39 is 0 Å². The molecule has 0 N–H and O–H groups in total. The highest BCUT2D eigenvalue weighted by molar-refractivity contribution is 7.80. The molecule has 2 aromatic rings. The number of carbonyl (C=O) groups excluding carboxylic acids is 2. The van der Waals surface area contributed by atoms with Crippen molar-refractivity contribution >= 4 is 35.8 Å². The van der Waals surface area contributed by atoms with Crippen molar-refractivity contribution in [3.63, 3.8) is 0 Å². The third kappa shape index (κ3) is 3.59. The Hall–Kier alpha value is -1.79. The molecule has 23 heavy (non-hydrogen) atoms. The van der Waals surface area contributed by atoms with Crippen LogP contribution in [0.4, 0.5) is 0 Å². The van der Waals surface area contributed by atoms with Crippen molar-refractivity contribution in [2.24, 2.45) is 0 Å². The summed E-state index contributed by atoms with van der Waals surface area (Å²) in [5, 5.41) is 1.91. The molecule has 3 rings (SSSR count). The van der Waals surface area contributed by atoms with E-state index in [9.17, 15) is 9.59 Å². The highest BCUT2D eigenvalue weighted by atomic mass is 32.1. The highest BCUT2D eigenvalue weighted by Crippen LogP contribution is 2.18. The third-order valence-corrected chi connectivity index (χ3v) is 5.18. The Morgan fingerprint density at radius 1 is 0.913 bits per heavy atom. The number of amides is 2. The second-order valence-electron chi connectivity index (χ2n) is 5.43. The summed E-state index contributed by atoms with van der Waals surface area (Å²) in [4.78, 5) is 30.2. The summed E-state index contributed by atoms with van der Waals surface area (Å²) in [5.41, 5.74) is 0.619. The Bertz CT molecular complexity index is 700. The van der Waals surface area contributed by atoms with Gasteiger partial charge in [0.25, 0.3) is 11.8 Å². The smallest absolute Gasteiger partial charge is 0.263 e. The summed E-state index contributed by atoms with van der Waals surface area (Å²) in [5.74, 6) is 0.0462. The van der Waals surface area contributed by atoms with Gasteiger partial charge in [0.15, 0.2) is 0 Å². The molecule has 2 amide bonds. The van der Waals surface area contributed by atoms with Gasteiger partial charge in [-0.05, 0) is 30.0 Å². The molecule has 0 radical (unpaired) electrons. The quantitative estimate of drug-likeness (QED) is 0.849. The van der Waals surface area contributed by atoms with Crippen molar-refractivity contribution in [3.05, 3.63) is 52.2 Å². The topological polar surface area (TPSA) is 40.6 Å². The lowest BCUT2D eigenvalue weighted by atomic mass is 10.2. The Kier molecular flexibility index (Phi) is 5.03. The molecule has 2 heterocycles. The molecule has 0 aliphatic carbocycles. The van der Waals surface area contributed by atoms with E-state index in [1.54, 1.807) is 6.07 Å². The van der Waals surface area contributed by atoms with Crippen LogP contribution in [0.25, 0.3) is 0 Å². The second-order valence-corrected chi connectivity index (χ2v) is 6.86. The van der Waals surface area contributed by atoms with Crippen molar-refractivity contribution in [2.45, 2.75) is 11.3 Å². The molecule has 1 aliphatic heterocycles. The van der Waals surface area contributed by atoms with Crippen molar-refractivity contribution in [2.75, 3.05) is 26.2 Å². The van der Waals surface area contributed by atoms with Crippen LogP contribution < -0.4 is 0 Å². The van der Waals surface area contributed by atoms with Gasteiger partial charge in [-0.3, -0.25) is 9.59 Å². The second kappa shape index (κ2) is 7.19. The van der Waals surface area contributed by atoms with E-state index in [-0.39, 0.29) is 11.8 Å². The highest BCUT2D eigenvalue weighted by Gasteiger charge is 2.24. The van der Waals surface area contributed by atoms with Gasteiger partial charge in [0.1, 0.15) is 0 Å². The van der Waals surface area contributed by atoms with Crippen molar-refractivity contribution in [3.8, 4) is 0 Å². The van der Waals surface area contributed by atoms with Crippen LogP contribution in [0.2, 0.25) is 0 Å². The van der Waals surface area contributed by atoms with E-state index in [1.165, 1.54) is 11.3 Å². The summed E-state index contributed by atoms with van der Waals surface area (Å²) in [6.07, 6.45) is 0.789. The van der Waals surface area contributed by atoms with Crippen molar-refractivity contribution < 1.29 is 9.59 Å². The number of nitrogens with zero attached hydrogens (tertiary/aromatic N) is 2.